The summed E-state index contributed by atoms with van der Waals surface area (Å²) in [5.41, 5.74) is 1.10. The smallest absolute Gasteiger partial charge is 0.251 e. The molecular formula is C20H24N2O5. The number of nitrogens with one attached hydrogen (secondary N) is 1. The van der Waals surface area contributed by atoms with Crippen molar-refractivity contribution in [2.75, 3.05) is 39.3 Å². The molecule has 7 nitrogen and oxygen atoms in total. The molecule has 2 amide bonds. The van der Waals surface area contributed by atoms with E-state index in [1.165, 1.54) is 21.1 Å². The Balaban J connectivity index is 2.05. The van der Waals surface area contributed by atoms with Gasteiger partial charge in [0.15, 0.2) is 11.5 Å². The molecule has 0 aliphatic rings. The average molecular weight is 372 g/mol. The number of hydrogen-bond donors (Lipinski definition) is 1. The van der Waals surface area contributed by atoms with Crippen LogP contribution in [0.25, 0.3) is 0 Å². The molecule has 0 heterocycles. The van der Waals surface area contributed by atoms with Gasteiger partial charge in [0.2, 0.25) is 5.91 Å². The van der Waals surface area contributed by atoms with Crippen LogP contribution in [0.2, 0.25) is 0 Å². The molecule has 0 atom stereocenters. The summed E-state index contributed by atoms with van der Waals surface area (Å²) in [6.45, 7) is 2.07. The van der Waals surface area contributed by atoms with Crippen molar-refractivity contribution in [1.29, 1.82) is 0 Å². The van der Waals surface area contributed by atoms with Gasteiger partial charge >= 0.3 is 0 Å². The van der Waals surface area contributed by atoms with Gasteiger partial charge in [-0.3, -0.25) is 9.59 Å². The Bertz CT molecular complexity index is 807. The molecule has 0 bridgehead atoms. The molecule has 0 spiro atoms. The first kappa shape index (κ1) is 20.1. The minimum atomic E-state index is -0.264. The van der Waals surface area contributed by atoms with Crippen LogP contribution in [0, 0.1) is 0 Å². The Kier molecular flexibility index (Phi) is 7.05. The SMILES string of the molecule is COc1ccc(C(=O)NCCN(C(C)=O)c2ccccc2OC)cc1OC. The van der Waals surface area contributed by atoms with Crippen molar-refractivity contribution >= 4 is 17.5 Å². The maximum absolute atomic E-state index is 12.4. The number of ether oxygens (including phenoxy) is 3. The number of amides is 2. The lowest BCUT2D eigenvalue weighted by atomic mass is 10.2. The second kappa shape index (κ2) is 9.47. The van der Waals surface area contributed by atoms with Gasteiger partial charge in [-0.1, -0.05) is 12.1 Å². The van der Waals surface area contributed by atoms with Crippen molar-refractivity contribution in [3.63, 3.8) is 0 Å². The molecule has 0 aromatic heterocycles. The first-order valence-corrected chi connectivity index (χ1v) is 8.43. The van der Waals surface area contributed by atoms with Gasteiger partial charge in [0.05, 0.1) is 27.0 Å². The van der Waals surface area contributed by atoms with E-state index in [4.69, 9.17) is 14.2 Å². The minimum Gasteiger partial charge on any atom is -0.495 e. The maximum atomic E-state index is 12.4. The molecule has 7 heteroatoms. The molecule has 0 radical (unpaired) electrons. The number of nitrogens with zero attached hydrogens (tertiary/aromatic N) is 1. The quantitative estimate of drug-likeness (QED) is 0.770. The Morgan fingerprint density at radius 1 is 0.926 bits per heavy atom. The van der Waals surface area contributed by atoms with Gasteiger partial charge < -0.3 is 24.4 Å². The van der Waals surface area contributed by atoms with E-state index in [0.717, 1.165) is 0 Å². The van der Waals surface area contributed by atoms with E-state index in [9.17, 15) is 9.59 Å². The van der Waals surface area contributed by atoms with E-state index in [1.807, 2.05) is 12.1 Å². The molecule has 0 unspecified atom stereocenters. The number of rotatable bonds is 8. The molecular weight excluding hydrogens is 348 g/mol. The summed E-state index contributed by atoms with van der Waals surface area (Å²) in [4.78, 5) is 26.0. The van der Waals surface area contributed by atoms with Crippen LogP contribution >= 0.6 is 0 Å². The molecule has 0 saturated carbocycles. The molecule has 2 rings (SSSR count). The third-order valence-corrected chi connectivity index (χ3v) is 4.02. The summed E-state index contributed by atoms with van der Waals surface area (Å²) in [5.74, 6) is 1.22. The number of anilines is 1. The van der Waals surface area contributed by atoms with Crippen LogP contribution in [0.4, 0.5) is 5.69 Å². The van der Waals surface area contributed by atoms with E-state index < -0.39 is 0 Å². The van der Waals surface area contributed by atoms with E-state index in [0.29, 0.717) is 35.0 Å². The van der Waals surface area contributed by atoms with Gasteiger partial charge in [-0.25, -0.2) is 0 Å². The highest BCUT2D eigenvalue weighted by atomic mass is 16.5. The fraction of sp³-hybridized carbons (Fsp3) is 0.300. The zero-order valence-electron chi connectivity index (χ0n) is 15.9. The highest BCUT2D eigenvalue weighted by molar-refractivity contribution is 5.95. The van der Waals surface area contributed by atoms with E-state index in [1.54, 1.807) is 42.3 Å². The second-order valence-corrected chi connectivity index (χ2v) is 5.67. The monoisotopic (exact) mass is 372 g/mol. The lowest BCUT2D eigenvalue weighted by Gasteiger charge is -2.23. The number of methoxy groups -OCH3 is 3. The van der Waals surface area contributed by atoms with Crippen molar-refractivity contribution in [3.05, 3.63) is 48.0 Å². The van der Waals surface area contributed by atoms with Crippen molar-refractivity contribution in [2.24, 2.45) is 0 Å². The van der Waals surface area contributed by atoms with Crippen LogP contribution in [0.5, 0.6) is 17.2 Å². The van der Waals surface area contributed by atoms with Gasteiger partial charge in [-0.15, -0.1) is 0 Å². The molecule has 144 valence electrons. The number of carbonyl (C=O) groups excluding carboxylic acids is 2. The van der Waals surface area contributed by atoms with E-state index in [-0.39, 0.29) is 18.4 Å². The Labute approximate surface area is 158 Å². The molecule has 2 aromatic rings. The standard InChI is InChI=1S/C20H24N2O5/c1-14(23)22(16-7-5-6-8-17(16)25-2)12-11-21-20(24)15-9-10-18(26-3)19(13-15)27-4/h5-10,13H,11-12H2,1-4H3,(H,21,24). The second-order valence-electron chi connectivity index (χ2n) is 5.67. The van der Waals surface area contributed by atoms with Crippen molar-refractivity contribution in [2.45, 2.75) is 6.92 Å². The molecule has 0 saturated heterocycles. The molecule has 27 heavy (non-hydrogen) atoms. The van der Waals surface area contributed by atoms with Crippen LogP contribution in [0.15, 0.2) is 42.5 Å². The summed E-state index contributed by atoms with van der Waals surface area (Å²) in [6.07, 6.45) is 0. The first-order chi connectivity index (χ1) is 13.0. The van der Waals surface area contributed by atoms with Crippen LogP contribution in [0.1, 0.15) is 17.3 Å². The largest absolute Gasteiger partial charge is 0.495 e. The summed E-state index contributed by atoms with van der Waals surface area (Å²) >= 11 is 0. The zero-order valence-corrected chi connectivity index (χ0v) is 15.9. The summed E-state index contributed by atoms with van der Waals surface area (Å²) in [6, 6.07) is 12.2. The van der Waals surface area contributed by atoms with Crippen molar-refractivity contribution < 1.29 is 23.8 Å². The molecule has 2 aromatic carbocycles. The molecule has 0 aliphatic carbocycles. The fourth-order valence-corrected chi connectivity index (χ4v) is 2.66. The molecule has 0 aliphatic heterocycles. The zero-order chi connectivity index (χ0) is 19.8. The summed E-state index contributed by atoms with van der Waals surface area (Å²) in [5, 5.41) is 2.81. The average Bonchev–Trinajstić information content (AvgIpc) is 2.70. The van der Waals surface area contributed by atoms with Crippen LogP contribution < -0.4 is 24.4 Å². The van der Waals surface area contributed by atoms with Crippen molar-refractivity contribution in [3.8, 4) is 17.2 Å². The van der Waals surface area contributed by atoms with Gasteiger partial charge in [-0.05, 0) is 30.3 Å². The van der Waals surface area contributed by atoms with Crippen LogP contribution in [-0.4, -0.2) is 46.2 Å². The van der Waals surface area contributed by atoms with Gasteiger partial charge in [0.25, 0.3) is 5.91 Å². The number of hydrogen-bond acceptors (Lipinski definition) is 5. The fourth-order valence-electron chi connectivity index (χ4n) is 2.66. The summed E-state index contributed by atoms with van der Waals surface area (Å²) < 4.78 is 15.7. The topological polar surface area (TPSA) is 77.1 Å². The van der Waals surface area contributed by atoms with Gasteiger partial charge in [-0.2, -0.15) is 0 Å². The molecule has 0 fully saturated rings. The minimum absolute atomic E-state index is 0.139. The third-order valence-electron chi connectivity index (χ3n) is 4.02. The Morgan fingerprint density at radius 2 is 1.59 bits per heavy atom. The third kappa shape index (κ3) is 4.91. The Morgan fingerprint density at radius 3 is 2.22 bits per heavy atom. The Hall–Kier alpha value is -3.22. The summed E-state index contributed by atoms with van der Waals surface area (Å²) in [7, 11) is 4.60. The van der Waals surface area contributed by atoms with E-state index >= 15 is 0 Å². The van der Waals surface area contributed by atoms with Gasteiger partial charge in [0, 0.05) is 25.6 Å². The first-order valence-electron chi connectivity index (χ1n) is 8.43. The predicted octanol–water partition coefficient (Wildman–Crippen LogP) is 2.50. The number of carbonyl (C=O) groups is 2. The normalized spacial score (nSPS) is 10.1. The number of para-hydroxylation sites is 2. The van der Waals surface area contributed by atoms with Crippen molar-refractivity contribution in [1.82, 2.24) is 5.32 Å². The van der Waals surface area contributed by atoms with Crippen LogP contribution in [0.3, 0.4) is 0 Å². The lowest BCUT2D eigenvalue weighted by Crippen LogP contribution is -2.37. The van der Waals surface area contributed by atoms with Crippen LogP contribution in [-0.2, 0) is 4.79 Å². The number of benzene rings is 2. The maximum Gasteiger partial charge on any atom is 0.251 e. The predicted molar refractivity (Wildman–Crippen MR) is 103 cm³/mol. The lowest BCUT2D eigenvalue weighted by molar-refractivity contribution is -0.116. The highest BCUT2D eigenvalue weighted by Gasteiger charge is 2.16. The van der Waals surface area contributed by atoms with E-state index in [2.05, 4.69) is 5.32 Å². The molecule has 1 N–H and O–H groups in total. The highest BCUT2D eigenvalue weighted by Crippen LogP contribution is 2.28. The van der Waals surface area contributed by atoms with Gasteiger partial charge in [0.1, 0.15) is 5.75 Å².